The minimum atomic E-state index is -1.33. The van der Waals surface area contributed by atoms with Crippen molar-refractivity contribution in [3.05, 3.63) is 52.9 Å². The van der Waals surface area contributed by atoms with E-state index in [2.05, 4.69) is 89.2 Å². The van der Waals surface area contributed by atoms with Gasteiger partial charge in [0.15, 0.2) is 0 Å². The number of piperidine rings is 1. The molecular weight excluding hydrogens is 606 g/mol. The molecule has 1 aliphatic heterocycles. The maximum absolute atomic E-state index is 12.1. The van der Waals surface area contributed by atoms with Gasteiger partial charge in [-0.3, -0.25) is 9.97 Å². The van der Waals surface area contributed by atoms with Gasteiger partial charge in [-0.05, 0) is 73.6 Å². The molecule has 11 nitrogen and oxygen atoms in total. The van der Waals surface area contributed by atoms with Crippen molar-refractivity contribution in [2.45, 2.75) is 25.8 Å². The van der Waals surface area contributed by atoms with Gasteiger partial charge in [-0.25, -0.2) is 9.19 Å². The Bertz CT molecular complexity index is 1580. The van der Waals surface area contributed by atoms with Crippen LogP contribution in [-0.4, -0.2) is 75.6 Å². The molecule has 41 heavy (non-hydrogen) atoms. The molecule has 0 amide bonds. The molecule has 1 atom stereocenters. The van der Waals surface area contributed by atoms with Crippen molar-refractivity contribution in [3.63, 3.8) is 0 Å². The lowest BCUT2D eigenvalue weighted by Gasteiger charge is -2.37. The Balaban J connectivity index is 1.41. The van der Waals surface area contributed by atoms with Crippen molar-refractivity contribution in [3.8, 4) is 5.75 Å². The van der Waals surface area contributed by atoms with Gasteiger partial charge in [0.2, 0.25) is 5.95 Å². The van der Waals surface area contributed by atoms with Crippen LogP contribution in [0.25, 0.3) is 11.0 Å². The molecule has 0 radical (unpaired) electrons. The van der Waals surface area contributed by atoms with E-state index >= 15 is 0 Å². The van der Waals surface area contributed by atoms with E-state index in [0.29, 0.717) is 50.4 Å². The Morgan fingerprint density at radius 1 is 1.07 bits per heavy atom. The molecule has 1 unspecified atom stereocenters. The second kappa shape index (κ2) is 12.5. The van der Waals surface area contributed by atoms with Crippen LogP contribution in [0.5, 0.6) is 5.75 Å². The molecule has 0 aliphatic carbocycles. The minimum Gasteiger partial charge on any atom is -0.494 e. The molecular formula is C28H34BrN9O2S. The van der Waals surface area contributed by atoms with Crippen molar-refractivity contribution < 1.29 is 8.95 Å². The Kier molecular flexibility index (Phi) is 8.85. The Labute approximate surface area is 250 Å². The summed E-state index contributed by atoms with van der Waals surface area (Å²) < 4.78 is 21.5. The van der Waals surface area contributed by atoms with Crippen molar-refractivity contribution in [2.75, 3.05) is 60.8 Å². The molecule has 5 rings (SSSR count). The van der Waals surface area contributed by atoms with Gasteiger partial charge in [0.05, 0.1) is 34.2 Å². The fourth-order valence-electron chi connectivity index (χ4n) is 5.06. The number of aryl methyl sites for hydroxylation is 1. The summed E-state index contributed by atoms with van der Waals surface area (Å²) in [6.07, 6.45) is 8.72. The monoisotopic (exact) mass is 639 g/mol. The van der Waals surface area contributed by atoms with Gasteiger partial charge in [0.25, 0.3) is 0 Å². The van der Waals surface area contributed by atoms with Crippen LogP contribution in [0.2, 0.25) is 0 Å². The highest BCUT2D eigenvalue weighted by Gasteiger charge is 2.23. The summed E-state index contributed by atoms with van der Waals surface area (Å²) in [4.78, 5) is 22.7. The third kappa shape index (κ3) is 6.52. The summed E-state index contributed by atoms with van der Waals surface area (Å²) in [7, 11) is 4.65. The lowest BCUT2D eigenvalue weighted by molar-refractivity contribution is 0.249. The van der Waals surface area contributed by atoms with Gasteiger partial charge in [0, 0.05) is 55.7 Å². The number of hydrogen-bond acceptors (Lipinski definition) is 10. The lowest BCUT2D eigenvalue weighted by Crippen LogP contribution is -2.42. The number of halogens is 1. The summed E-state index contributed by atoms with van der Waals surface area (Å²) >= 11 is 3.55. The molecule has 0 bridgehead atoms. The van der Waals surface area contributed by atoms with Gasteiger partial charge in [0.1, 0.15) is 28.1 Å². The standard InChI is InChI=1S/C28H34BrN9O2S/c1-17-14-22(24(40-4)15-23(17)38-12-8-18(9-13-38)37(2)3)34-28-32-16-19(29)27(35-28)33-21-7-6-20-25(31-11-10-30-20)26(21)36-41(5)39/h6-7,10-11,14-16,18,36H,8-9,12-13H2,1-5H3,(H2,32,33,34,35). The van der Waals surface area contributed by atoms with E-state index in [0.717, 1.165) is 37.2 Å². The molecule has 2 aromatic heterocycles. The number of benzene rings is 2. The van der Waals surface area contributed by atoms with Crippen molar-refractivity contribution >= 4 is 72.5 Å². The van der Waals surface area contributed by atoms with Crippen molar-refractivity contribution in [1.29, 1.82) is 0 Å². The van der Waals surface area contributed by atoms with Crippen molar-refractivity contribution in [1.82, 2.24) is 24.8 Å². The summed E-state index contributed by atoms with van der Waals surface area (Å²) in [5.41, 5.74) is 5.60. The fraction of sp³-hybridized carbons (Fsp3) is 0.357. The number of aromatic nitrogens is 4. The van der Waals surface area contributed by atoms with Crippen LogP contribution in [0.3, 0.4) is 0 Å². The maximum Gasteiger partial charge on any atom is 0.229 e. The van der Waals surface area contributed by atoms with Crippen LogP contribution in [-0.2, 0) is 11.0 Å². The smallest absolute Gasteiger partial charge is 0.229 e. The Morgan fingerprint density at radius 3 is 2.54 bits per heavy atom. The van der Waals surface area contributed by atoms with Crippen LogP contribution in [0.1, 0.15) is 18.4 Å². The average Bonchev–Trinajstić information content (AvgIpc) is 2.96. The molecule has 0 saturated carbocycles. The SMILES string of the molecule is COc1cc(N2CCC(N(C)C)CC2)c(C)cc1Nc1ncc(Br)c(Nc2ccc3nccnc3c2NS(C)=O)n1. The first-order valence-corrected chi connectivity index (χ1v) is 15.6. The highest BCUT2D eigenvalue weighted by molar-refractivity contribution is 9.10. The Morgan fingerprint density at radius 2 is 1.83 bits per heavy atom. The zero-order chi connectivity index (χ0) is 29.1. The molecule has 1 aliphatic rings. The molecule has 3 N–H and O–H groups in total. The lowest BCUT2D eigenvalue weighted by atomic mass is 10.0. The number of fused-ring (bicyclic) bond motifs is 1. The maximum atomic E-state index is 12.1. The first-order valence-electron chi connectivity index (χ1n) is 13.2. The number of ether oxygens (including phenoxy) is 1. The predicted octanol–water partition coefficient (Wildman–Crippen LogP) is 5.22. The zero-order valence-corrected chi connectivity index (χ0v) is 26.1. The van der Waals surface area contributed by atoms with Crippen LogP contribution in [0, 0.1) is 6.92 Å². The van der Waals surface area contributed by atoms with Crippen LogP contribution >= 0.6 is 15.9 Å². The van der Waals surface area contributed by atoms with Crippen LogP contribution < -0.4 is 25.0 Å². The van der Waals surface area contributed by atoms with E-state index < -0.39 is 11.0 Å². The second-order valence-electron chi connectivity index (χ2n) is 10.1. The summed E-state index contributed by atoms with van der Waals surface area (Å²) in [6, 6.07) is 8.47. The zero-order valence-electron chi connectivity index (χ0n) is 23.7. The fourth-order valence-corrected chi connectivity index (χ4v) is 5.84. The largest absolute Gasteiger partial charge is 0.494 e. The van der Waals surface area contributed by atoms with E-state index in [4.69, 9.17) is 9.72 Å². The highest BCUT2D eigenvalue weighted by Crippen LogP contribution is 2.37. The number of rotatable bonds is 9. The van der Waals surface area contributed by atoms with Crippen LogP contribution in [0.4, 0.5) is 34.5 Å². The first-order chi connectivity index (χ1) is 19.7. The normalized spacial score (nSPS) is 14.8. The number of hydrogen-bond donors (Lipinski definition) is 3. The number of anilines is 6. The minimum absolute atomic E-state index is 0.391. The van der Waals surface area contributed by atoms with E-state index in [9.17, 15) is 4.21 Å². The van der Waals surface area contributed by atoms with Crippen LogP contribution in [0.15, 0.2) is 47.3 Å². The van der Waals surface area contributed by atoms with Gasteiger partial charge in [-0.15, -0.1) is 0 Å². The summed E-state index contributed by atoms with van der Waals surface area (Å²) in [5.74, 6) is 1.63. The predicted molar refractivity (Wildman–Crippen MR) is 170 cm³/mol. The van der Waals surface area contributed by atoms with Crippen molar-refractivity contribution in [2.24, 2.45) is 0 Å². The van der Waals surface area contributed by atoms with E-state index in [1.165, 1.54) is 5.69 Å². The molecule has 0 spiro atoms. The van der Waals surface area contributed by atoms with Gasteiger partial charge in [-0.2, -0.15) is 4.98 Å². The average molecular weight is 641 g/mol. The third-order valence-electron chi connectivity index (χ3n) is 7.18. The molecule has 2 aromatic carbocycles. The quantitative estimate of drug-likeness (QED) is 0.225. The first kappa shape index (κ1) is 29.0. The van der Waals surface area contributed by atoms with Gasteiger partial charge < -0.3 is 29.9 Å². The number of nitrogens with one attached hydrogen (secondary N) is 3. The highest BCUT2D eigenvalue weighted by atomic mass is 79.9. The topological polar surface area (TPSA) is 120 Å². The number of nitrogens with zero attached hydrogens (tertiary/aromatic N) is 6. The molecule has 13 heteroatoms. The summed E-state index contributed by atoms with van der Waals surface area (Å²) in [5, 5.41) is 6.65. The molecule has 4 aromatic rings. The van der Waals surface area contributed by atoms with E-state index in [1.54, 1.807) is 32.0 Å². The molecule has 1 saturated heterocycles. The van der Waals surface area contributed by atoms with E-state index in [-0.39, 0.29) is 0 Å². The van der Waals surface area contributed by atoms with Gasteiger partial charge in [-0.1, -0.05) is 0 Å². The molecule has 216 valence electrons. The van der Waals surface area contributed by atoms with Gasteiger partial charge >= 0.3 is 0 Å². The molecule has 3 heterocycles. The number of methoxy groups -OCH3 is 1. The second-order valence-corrected chi connectivity index (χ2v) is 12.1. The summed E-state index contributed by atoms with van der Waals surface area (Å²) in [6.45, 7) is 4.13. The third-order valence-corrected chi connectivity index (χ3v) is 8.26. The Hall–Kier alpha value is -3.55. The van der Waals surface area contributed by atoms with E-state index in [1.807, 2.05) is 12.1 Å². The molecule has 1 fully saturated rings.